The minimum Gasteiger partial charge on any atom is -0.508 e. The number of nitrogens with zero attached hydrogens (tertiary/aromatic N) is 1. The lowest BCUT2D eigenvalue weighted by molar-refractivity contribution is 0.104. The van der Waals surface area contributed by atoms with Gasteiger partial charge in [-0.05, 0) is 49.7 Å². The van der Waals surface area contributed by atoms with Crippen molar-refractivity contribution in [1.29, 1.82) is 0 Å². The molecule has 0 radical (unpaired) electrons. The van der Waals surface area contributed by atoms with Gasteiger partial charge in [0.1, 0.15) is 17.3 Å². The smallest absolute Gasteiger partial charge is 0.197 e. The average Bonchev–Trinajstić information content (AvgIpc) is 2.99. The van der Waals surface area contributed by atoms with Crippen molar-refractivity contribution in [3.05, 3.63) is 53.1 Å². The fraction of sp³-hybridized carbons (Fsp3) is 0.250. The minimum absolute atomic E-state index is 0.0514. The van der Waals surface area contributed by atoms with Gasteiger partial charge in [-0.25, -0.2) is 0 Å². The third-order valence-corrected chi connectivity index (χ3v) is 4.89. The van der Waals surface area contributed by atoms with Crippen molar-refractivity contribution in [3.63, 3.8) is 0 Å². The number of aromatic nitrogens is 1. The molecule has 0 bridgehead atoms. The van der Waals surface area contributed by atoms with Gasteiger partial charge in [-0.3, -0.25) is 4.79 Å². The number of aryl methyl sites for hydroxylation is 2. The number of benzene rings is 2. The van der Waals surface area contributed by atoms with Crippen molar-refractivity contribution in [2.75, 3.05) is 19.0 Å². The van der Waals surface area contributed by atoms with Crippen LogP contribution in [0.15, 0.2) is 36.4 Å². The van der Waals surface area contributed by atoms with E-state index < -0.39 is 0 Å². The molecule has 1 aromatic heterocycles. The summed E-state index contributed by atoms with van der Waals surface area (Å²) in [5.74, 6) is 1.71. The number of methoxy groups -OCH3 is 1. The molecule has 0 saturated carbocycles. The molecule has 5 nitrogen and oxygen atoms in total. The number of carbonyl (C=O) groups excluding carboxylic acids is 1. The maximum Gasteiger partial charge on any atom is 0.197 e. The van der Waals surface area contributed by atoms with Gasteiger partial charge in [0.2, 0.25) is 0 Å². The van der Waals surface area contributed by atoms with E-state index in [-0.39, 0.29) is 11.5 Å². The van der Waals surface area contributed by atoms with E-state index in [1.54, 1.807) is 37.4 Å². The summed E-state index contributed by atoms with van der Waals surface area (Å²) in [7, 11) is 1.60. The first kappa shape index (κ1) is 15.6. The highest BCUT2D eigenvalue weighted by molar-refractivity contribution is 6.21. The Kier molecular flexibility index (Phi) is 3.64. The average molecular weight is 336 g/mol. The zero-order chi connectivity index (χ0) is 17.6. The van der Waals surface area contributed by atoms with Gasteiger partial charge in [0.15, 0.2) is 5.78 Å². The van der Waals surface area contributed by atoms with Crippen LogP contribution in [0, 0.1) is 6.92 Å². The van der Waals surface area contributed by atoms with Crippen LogP contribution in [0.4, 0.5) is 5.82 Å². The maximum absolute atomic E-state index is 13.3. The predicted molar refractivity (Wildman–Crippen MR) is 97.9 cm³/mol. The fourth-order valence-corrected chi connectivity index (χ4v) is 3.57. The van der Waals surface area contributed by atoms with E-state index in [9.17, 15) is 9.90 Å². The molecule has 2 aromatic carbocycles. The largest absolute Gasteiger partial charge is 0.508 e. The Bertz CT molecular complexity index is 971. The highest BCUT2D eigenvalue weighted by Crippen LogP contribution is 2.38. The van der Waals surface area contributed by atoms with E-state index in [2.05, 4.69) is 9.88 Å². The van der Waals surface area contributed by atoms with Crippen LogP contribution in [0.5, 0.6) is 11.5 Å². The van der Waals surface area contributed by atoms with E-state index in [0.717, 1.165) is 41.8 Å². The molecule has 0 aliphatic carbocycles. The van der Waals surface area contributed by atoms with Gasteiger partial charge in [-0.1, -0.05) is 0 Å². The summed E-state index contributed by atoms with van der Waals surface area (Å²) in [6, 6.07) is 10.7. The number of nitrogens with one attached hydrogen (secondary N) is 1. The molecule has 4 rings (SSSR count). The van der Waals surface area contributed by atoms with Crippen LogP contribution in [-0.4, -0.2) is 29.1 Å². The highest BCUT2D eigenvalue weighted by atomic mass is 16.5. The minimum atomic E-state index is -0.0514. The van der Waals surface area contributed by atoms with Gasteiger partial charge in [0.25, 0.3) is 0 Å². The monoisotopic (exact) mass is 336 g/mol. The molecule has 0 spiro atoms. The van der Waals surface area contributed by atoms with Crippen molar-refractivity contribution in [2.24, 2.45) is 0 Å². The van der Waals surface area contributed by atoms with Crippen LogP contribution in [0.1, 0.15) is 27.9 Å². The summed E-state index contributed by atoms with van der Waals surface area (Å²) in [6.45, 7) is 3.55. The molecule has 0 atom stereocenters. The molecule has 5 heteroatoms. The number of anilines is 1. The lowest BCUT2D eigenvalue weighted by atomic mass is 9.98. The lowest BCUT2D eigenvalue weighted by Crippen LogP contribution is -2.18. The zero-order valence-electron chi connectivity index (χ0n) is 14.3. The number of fused-ring (bicyclic) bond motifs is 3. The second-order valence-corrected chi connectivity index (χ2v) is 6.32. The van der Waals surface area contributed by atoms with Crippen molar-refractivity contribution < 1.29 is 14.6 Å². The van der Waals surface area contributed by atoms with E-state index >= 15 is 0 Å². The Morgan fingerprint density at radius 1 is 1.20 bits per heavy atom. The van der Waals surface area contributed by atoms with Crippen LogP contribution < -0.4 is 10.1 Å². The number of ketones is 1. The molecular weight excluding hydrogens is 316 g/mol. The van der Waals surface area contributed by atoms with Crippen molar-refractivity contribution >= 4 is 22.5 Å². The normalized spacial score (nSPS) is 13.4. The molecule has 128 valence electrons. The van der Waals surface area contributed by atoms with Gasteiger partial charge in [-0.15, -0.1) is 0 Å². The molecule has 1 aliphatic rings. The van der Waals surface area contributed by atoms with Gasteiger partial charge in [0, 0.05) is 29.6 Å². The Labute approximate surface area is 145 Å². The van der Waals surface area contributed by atoms with Gasteiger partial charge < -0.3 is 19.7 Å². The van der Waals surface area contributed by atoms with Crippen LogP contribution in [0.2, 0.25) is 0 Å². The summed E-state index contributed by atoms with van der Waals surface area (Å²) < 4.78 is 7.32. The molecule has 1 aliphatic heterocycles. The molecule has 0 fully saturated rings. The Morgan fingerprint density at radius 3 is 2.68 bits per heavy atom. The number of hydrogen-bond acceptors (Lipinski definition) is 4. The molecule has 0 unspecified atom stereocenters. The number of hydrogen-bond donors (Lipinski definition) is 2. The molecule has 0 saturated heterocycles. The van der Waals surface area contributed by atoms with E-state index in [4.69, 9.17) is 4.74 Å². The van der Waals surface area contributed by atoms with Crippen LogP contribution in [0.3, 0.4) is 0 Å². The Balaban J connectivity index is 1.96. The molecule has 2 N–H and O–H groups in total. The van der Waals surface area contributed by atoms with Crippen molar-refractivity contribution in [2.45, 2.75) is 19.9 Å². The van der Waals surface area contributed by atoms with Crippen molar-refractivity contribution in [3.8, 4) is 11.5 Å². The summed E-state index contributed by atoms with van der Waals surface area (Å²) >= 11 is 0. The summed E-state index contributed by atoms with van der Waals surface area (Å²) in [5, 5.41) is 14.4. The first-order chi connectivity index (χ1) is 12.1. The molecule has 2 heterocycles. The number of phenolic OH excluding ortho intramolecular Hbond substituents is 1. The van der Waals surface area contributed by atoms with E-state index in [1.807, 2.05) is 13.0 Å². The Hall–Kier alpha value is -2.95. The number of carbonyl (C=O) groups is 1. The lowest BCUT2D eigenvalue weighted by Gasteiger charge is -2.19. The summed E-state index contributed by atoms with van der Waals surface area (Å²) in [6.07, 6.45) is 1.01. The van der Waals surface area contributed by atoms with Crippen LogP contribution >= 0.6 is 0 Å². The third-order valence-electron chi connectivity index (χ3n) is 4.89. The molecule has 0 amide bonds. The number of rotatable bonds is 3. The van der Waals surface area contributed by atoms with Gasteiger partial charge in [-0.2, -0.15) is 0 Å². The fourth-order valence-electron chi connectivity index (χ4n) is 3.57. The highest BCUT2D eigenvalue weighted by Gasteiger charge is 2.27. The second-order valence-electron chi connectivity index (χ2n) is 6.32. The van der Waals surface area contributed by atoms with E-state index in [1.165, 1.54) is 0 Å². The quantitative estimate of drug-likeness (QED) is 0.716. The van der Waals surface area contributed by atoms with E-state index in [0.29, 0.717) is 16.9 Å². The third kappa shape index (κ3) is 2.35. The van der Waals surface area contributed by atoms with Crippen LogP contribution in [0.25, 0.3) is 10.9 Å². The van der Waals surface area contributed by atoms with Gasteiger partial charge in [0.05, 0.1) is 18.2 Å². The first-order valence-corrected chi connectivity index (χ1v) is 8.39. The van der Waals surface area contributed by atoms with Crippen molar-refractivity contribution in [1.82, 2.24) is 4.57 Å². The summed E-state index contributed by atoms with van der Waals surface area (Å²) in [5.41, 5.74) is 2.95. The maximum atomic E-state index is 13.3. The first-order valence-electron chi connectivity index (χ1n) is 8.39. The molecule has 25 heavy (non-hydrogen) atoms. The van der Waals surface area contributed by atoms with Crippen LogP contribution in [-0.2, 0) is 6.54 Å². The standard InChI is InChI=1S/C20H20N2O3/c1-12-16(23)9-8-15-17(12)18(20-21-10-3-11-22(15)20)19(24)13-4-6-14(25-2)7-5-13/h4-9,21,23H,3,10-11H2,1-2H3. The zero-order valence-corrected chi connectivity index (χ0v) is 14.3. The Morgan fingerprint density at radius 2 is 1.96 bits per heavy atom. The topological polar surface area (TPSA) is 63.5 Å². The molecule has 3 aromatic rings. The number of aromatic hydroxyl groups is 1. The van der Waals surface area contributed by atoms with Gasteiger partial charge >= 0.3 is 0 Å². The summed E-state index contributed by atoms with van der Waals surface area (Å²) in [4.78, 5) is 13.3. The SMILES string of the molecule is COc1ccc(C(=O)c2c3n(c4ccc(O)c(C)c24)CCCN3)cc1. The second kappa shape index (κ2) is 5.84. The number of phenols is 1. The number of ether oxygens (including phenoxy) is 1. The predicted octanol–water partition coefficient (Wildman–Crippen LogP) is 3.71. The molecular formula is C20H20N2O3.